The normalized spacial score (nSPS) is 13.2. The number of hydrogen-bond acceptors (Lipinski definition) is 4. The quantitative estimate of drug-likeness (QED) is 0.560. The molecular weight excluding hydrogens is 346 g/mol. The summed E-state index contributed by atoms with van der Waals surface area (Å²) < 4.78 is 10.6. The highest BCUT2D eigenvalue weighted by molar-refractivity contribution is 5.94. The lowest BCUT2D eigenvalue weighted by atomic mass is 10.2. The number of benzene rings is 1. The van der Waals surface area contributed by atoms with E-state index in [9.17, 15) is 9.59 Å². The Morgan fingerprint density at radius 1 is 1.11 bits per heavy atom. The molecule has 27 heavy (non-hydrogen) atoms. The molecule has 1 aromatic heterocycles. The number of amides is 3. The van der Waals surface area contributed by atoms with Gasteiger partial charge in [-0.2, -0.15) is 0 Å². The van der Waals surface area contributed by atoms with Gasteiger partial charge in [-0.1, -0.05) is 12.1 Å². The predicted molar refractivity (Wildman–Crippen MR) is 101 cm³/mol. The minimum absolute atomic E-state index is 0.0911. The fourth-order valence-electron chi connectivity index (χ4n) is 2.48. The maximum atomic E-state index is 11.8. The van der Waals surface area contributed by atoms with Gasteiger partial charge in [-0.3, -0.25) is 4.79 Å². The SMILES string of the molecule is O=C(NCCCOCc1ccco1)NCc1ccc(NC(=O)C2CC2)cc1. The van der Waals surface area contributed by atoms with Crippen molar-refractivity contribution in [3.8, 4) is 0 Å². The van der Waals surface area contributed by atoms with Crippen molar-refractivity contribution in [3.63, 3.8) is 0 Å². The van der Waals surface area contributed by atoms with Crippen LogP contribution in [0.25, 0.3) is 0 Å². The molecule has 7 nitrogen and oxygen atoms in total. The van der Waals surface area contributed by atoms with Gasteiger partial charge in [-0.15, -0.1) is 0 Å². The van der Waals surface area contributed by atoms with Crippen molar-refractivity contribution in [1.29, 1.82) is 0 Å². The molecule has 1 saturated carbocycles. The molecule has 0 spiro atoms. The Kier molecular flexibility index (Phi) is 6.87. The molecule has 2 aromatic rings. The highest BCUT2D eigenvalue weighted by Crippen LogP contribution is 2.30. The molecule has 0 atom stereocenters. The fraction of sp³-hybridized carbons (Fsp3) is 0.400. The lowest BCUT2D eigenvalue weighted by molar-refractivity contribution is -0.117. The predicted octanol–water partition coefficient (Wildman–Crippen LogP) is 3.03. The van der Waals surface area contributed by atoms with Crippen LogP contribution in [0.5, 0.6) is 0 Å². The van der Waals surface area contributed by atoms with Crippen LogP contribution in [-0.2, 0) is 22.7 Å². The lowest BCUT2D eigenvalue weighted by Crippen LogP contribution is -2.35. The smallest absolute Gasteiger partial charge is 0.315 e. The number of urea groups is 1. The van der Waals surface area contributed by atoms with Crippen LogP contribution in [0.1, 0.15) is 30.6 Å². The van der Waals surface area contributed by atoms with Gasteiger partial charge in [0.15, 0.2) is 0 Å². The molecule has 144 valence electrons. The Morgan fingerprint density at radius 3 is 2.63 bits per heavy atom. The molecule has 0 saturated heterocycles. The van der Waals surface area contributed by atoms with E-state index in [1.807, 2.05) is 36.4 Å². The number of nitrogens with one attached hydrogen (secondary N) is 3. The van der Waals surface area contributed by atoms with E-state index < -0.39 is 0 Å². The summed E-state index contributed by atoms with van der Waals surface area (Å²) in [5.41, 5.74) is 1.76. The standard InChI is InChI=1S/C20H25N3O4/c24-19(16-6-7-16)23-17-8-4-15(5-9-17)13-22-20(25)21-10-2-11-26-14-18-3-1-12-27-18/h1,3-5,8-9,12,16H,2,6-7,10-11,13-14H2,(H,23,24)(H2,21,22,25). The first-order valence-electron chi connectivity index (χ1n) is 9.22. The van der Waals surface area contributed by atoms with Crippen LogP contribution in [0.4, 0.5) is 10.5 Å². The van der Waals surface area contributed by atoms with E-state index in [1.54, 1.807) is 6.26 Å². The summed E-state index contributed by atoms with van der Waals surface area (Å²) in [6, 6.07) is 11.0. The van der Waals surface area contributed by atoms with Crippen molar-refractivity contribution in [2.75, 3.05) is 18.5 Å². The molecule has 7 heteroatoms. The number of carbonyl (C=O) groups is 2. The zero-order valence-electron chi connectivity index (χ0n) is 15.2. The van der Waals surface area contributed by atoms with Crippen molar-refractivity contribution in [3.05, 3.63) is 54.0 Å². The molecule has 1 fully saturated rings. The third-order valence-electron chi connectivity index (χ3n) is 4.20. The van der Waals surface area contributed by atoms with Crippen LogP contribution in [0.3, 0.4) is 0 Å². The monoisotopic (exact) mass is 371 g/mol. The molecule has 0 bridgehead atoms. The highest BCUT2D eigenvalue weighted by Gasteiger charge is 2.29. The molecule has 0 radical (unpaired) electrons. The number of rotatable bonds is 10. The molecule has 1 aliphatic carbocycles. The van der Waals surface area contributed by atoms with E-state index in [2.05, 4.69) is 16.0 Å². The third kappa shape index (κ3) is 6.79. The molecule has 0 aliphatic heterocycles. The minimum atomic E-state index is -0.216. The third-order valence-corrected chi connectivity index (χ3v) is 4.20. The Bertz CT molecular complexity index is 724. The Hall–Kier alpha value is -2.80. The molecule has 3 N–H and O–H groups in total. The number of hydrogen-bond donors (Lipinski definition) is 3. The van der Waals surface area contributed by atoms with E-state index in [0.717, 1.165) is 36.3 Å². The van der Waals surface area contributed by atoms with Crippen LogP contribution < -0.4 is 16.0 Å². The van der Waals surface area contributed by atoms with Gasteiger partial charge in [-0.25, -0.2) is 4.79 Å². The van der Waals surface area contributed by atoms with E-state index in [0.29, 0.717) is 26.3 Å². The minimum Gasteiger partial charge on any atom is -0.467 e. The fourth-order valence-corrected chi connectivity index (χ4v) is 2.48. The molecule has 3 rings (SSSR count). The molecular formula is C20H25N3O4. The van der Waals surface area contributed by atoms with E-state index in [1.165, 1.54) is 0 Å². The zero-order valence-corrected chi connectivity index (χ0v) is 15.2. The topological polar surface area (TPSA) is 92.6 Å². The molecule has 1 heterocycles. The first kappa shape index (κ1) is 19.0. The second kappa shape index (κ2) is 9.78. The van der Waals surface area contributed by atoms with Gasteiger partial charge in [0.25, 0.3) is 0 Å². The summed E-state index contributed by atoms with van der Waals surface area (Å²) >= 11 is 0. The number of carbonyl (C=O) groups excluding carboxylic acids is 2. The second-order valence-electron chi connectivity index (χ2n) is 6.56. The van der Waals surface area contributed by atoms with Gasteiger partial charge >= 0.3 is 6.03 Å². The maximum Gasteiger partial charge on any atom is 0.315 e. The number of furan rings is 1. The molecule has 0 unspecified atom stereocenters. The first-order valence-corrected chi connectivity index (χ1v) is 9.22. The molecule has 1 aromatic carbocycles. The lowest BCUT2D eigenvalue weighted by Gasteiger charge is -2.09. The second-order valence-corrected chi connectivity index (χ2v) is 6.56. The van der Waals surface area contributed by atoms with Gasteiger partial charge in [0.1, 0.15) is 12.4 Å². The Labute approximate surface area is 158 Å². The van der Waals surface area contributed by atoms with Gasteiger partial charge in [0.05, 0.1) is 6.26 Å². The average Bonchev–Trinajstić information content (AvgIpc) is 3.41. The molecule has 1 aliphatic rings. The summed E-state index contributed by atoms with van der Waals surface area (Å²) in [4.78, 5) is 23.5. The van der Waals surface area contributed by atoms with Gasteiger partial charge in [-0.05, 0) is 49.1 Å². The summed E-state index contributed by atoms with van der Waals surface area (Å²) in [6.45, 7) is 1.96. The average molecular weight is 371 g/mol. The Morgan fingerprint density at radius 2 is 1.93 bits per heavy atom. The van der Waals surface area contributed by atoms with Crippen molar-refractivity contribution < 1.29 is 18.7 Å². The number of ether oxygens (including phenoxy) is 1. The first-order chi connectivity index (χ1) is 13.2. The van der Waals surface area contributed by atoms with Crippen molar-refractivity contribution in [1.82, 2.24) is 10.6 Å². The van der Waals surface area contributed by atoms with E-state index in [4.69, 9.17) is 9.15 Å². The maximum absolute atomic E-state index is 11.8. The van der Waals surface area contributed by atoms with Crippen molar-refractivity contribution >= 4 is 17.6 Å². The van der Waals surface area contributed by atoms with Crippen molar-refractivity contribution in [2.45, 2.75) is 32.4 Å². The zero-order chi connectivity index (χ0) is 18.9. The Balaban J connectivity index is 1.24. The van der Waals surface area contributed by atoms with Crippen LogP contribution >= 0.6 is 0 Å². The summed E-state index contributed by atoms with van der Waals surface area (Å²) in [7, 11) is 0. The van der Waals surface area contributed by atoms with Crippen LogP contribution in [0.15, 0.2) is 47.1 Å². The van der Waals surface area contributed by atoms with E-state index in [-0.39, 0.29) is 17.9 Å². The van der Waals surface area contributed by atoms with Gasteiger partial charge in [0.2, 0.25) is 5.91 Å². The van der Waals surface area contributed by atoms with E-state index >= 15 is 0 Å². The molecule has 3 amide bonds. The van der Waals surface area contributed by atoms with Gasteiger partial charge in [0, 0.05) is 31.3 Å². The van der Waals surface area contributed by atoms with Crippen molar-refractivity contribution in [2.24, 2.45) is 5.92 Å². The summed E-state index contributed by atoms with van der Waals surface area (Å²) in [5, 5.41) is 8.49. The highest BCUT2D eigenvalue weighted by atomic mass is 16.5. The van der Waals surface area contributed by atoms with Crippen LogP contribution in [0, 0.1) is 5.92 Å². The van der Waals surface area contributed by atoms with Crippen LogP contribution in [-0.4, -0.2) is 25.1 Å². The summed E-state index contributed by atoms with van der Waals surface area (Å²) in [5.74, 6) is 1.07. The summed E-state index contributed by atoms with van der Waals surface area (Å²) in [6.07, 6.45) is 4.31. The van der Waals surface area contributed by atoms with Crippen LogP contribution in [0.2, 0.25) is 0 Å². The number of anilines is 1. The van der Waals surface area contributed by atoms with Gasteiger partial charge < -0.3 is 25.1 Å². The largest absolute Gasteiger partial charge is 0.467 e.